The van der Waals surface area contributed by atoms with Crippen LogP contribution in [0.5, 0.6) is 0 Å². The first-order valence-corrected chi connectivity index (χ1v) is 6.08. The van der Waals surface area contributed by atoms with Crippen LogP contribution in [0.15, 0.2) is 12.1 Å². The van der Waals surface area contributed by atoms with Gasteiger partial charge in [0.15, 0.2) is 5.78 Å². The van der Waals surface area contributed by atoms with Crippen molar-refractivity contribution < 1.29 is 23.1 Å². The predicted molar refractivity (Wildman–Crippen MR) is 66.2 cm³/mol. The lowest BCUT2D eigenvalue weighted by atomic mass is 10.0. The summed E-state index contributed by atoms with van der Waals surface area (Å²) in [4.78, 5) is 22.5. The smallest absolute Gasteiger partial charge is 0.305 e. The Hall–Kier alpha value is -1.49. The molecule has 6 heteroatoms. The monoisotopic (exact) mass is 290 g/mol. The Morgan fingerprint density at radius 1 is 1.16 bits per heavy atom. The Balaban J connectivity index is 2.52. The molecule has 0 saturated carbocycles. The van der Waals surface area contributed by atoms with Crippen LogP contribution >= 0.6 is 11.6 Å². The third kappa shape index (κ3) is 4.59. The SMILES string of the molecule is COC(=O)CCCCC(=O)c1cc(F)c(Cl)c(F)c1. The van der Waals surface area contributed by atoms with Crippen molar-refractivity contribution >= 4 is 23.4 Å². The van der Waals surface area contributed by atoms with E-state index in [1.54, 1.807) is 0 Å². The molecule has 0 radical (unpaired) electrons. The highest BCUT2D eigenvalue weighted by atomic mass is 35.5. The number of ether oxygens (including phenoxy) is 1. The highest BCUT2D eigenvalue weighted by molar-refractivity contribution is 6.31. The maximum absolute atomic E-state index is 13.2. The molecule has 104 valence electrons. The van der Waals surface area contributed by atoms with Gasteiger partial charge in [0.1, 0.15) is 16.7 Å². The molecule has 1 aromatic carbocycles. The number of halogens is 3. The van der Waals surface area contributed by atoms with Crippen LogP contribution < -0.4 is 0 Å². The summed E-state index contributed by atoms with van der Waals surface area (Å²) >= 11 is 5.32. The second-order valence-electron chi connectivity index (χ2n) is 3.96. The van der Waals surface area contributed by atoms with E-state index in [1.807, 2.05) is 0 Å². The Bertz CT molecular complexity index is 466. The Labute approximate surface area is 114 Å². The molecule has 0 spiro atoms. The number of esters is 1. The first-order valence-electron chi connectivity index (χ1n) is 5.70. The summed E-state index contributed by atoms with van der Waals surface area (Å²) in [6, 6.07) is 1.82. The molecule has 0 atom stereocenters. The quantitative estimate of drug-likeness (QED) is 0.348. The number of ketones is 1. The van der Waals surface area contributed by atoms with Crippen molar-refractivity contribution in [1.82, 2.24) is 0 Å². The Morgan fingerprint density at radius 2 is 1.68 bits per heavy atom. The average molecular weight is 291 g/mol. The van der Waals surface area contributed by atoms with Crippen LogP contribution in [0.3, 0.4) is 0 Å². The maximum Gasteiger partial charge on any atom is 0.305 e. The fourth-order valence-electron chi connectivity index (χ4n) is 1.52. The molecule has 19 heavy (non-hydrogen) atoms. The molecular weight excluding hydrogens is 278 g/mol. The second kappa shape index (κ2) is 7.19. The van der Waals surface area contributed by atoms with E-state index in [0.717, 1.165) is 12.1 Å². The van der Waals surface area contributed by atoms with Gasteiger partial charge in [0.05, 0.1) is 7.11 Å². The van der Waals surface area contributed by atoms with Crippen LogP contribution in [0, 0.1) is 11.6 Å². The van der Waals surface area contributed by atoms with Gasteiger partial charge in [-0.05, 0) is 25.0 Å². The number of Topliss-reactive ketones (excluding diaryl/α,β-unsaturated/α-hetero) is 1. The number of methoxy groups -OCH3 is 1. The normalized spacial score (nSPS) is 10.3. The van der Waals surface area contributed by atoms with Gasteiger partial charge in [-0.3, -0.25) is 9.59 Å². The zero-order valence-electron chi connectivity index (χ0n) is 10.3. The van der Waals surface area contributed by atoms with Gasteiger partial charge in [-0.1, -0.05) is 11.6 Å². The van der Waals surface area contributed by atoms with Crippen molar-refractivity contribution in [3.05, 3.63) is 34.4 Å². The molecule has 3 nitrogen and oxygen atoms in total. The summed E-state index contributed by atoms with van der Waals surface area (Å²) in [5.41, 5.74) is -0.0579. The van der Waals surface area contributed by atoms with Gasteiger partial charge in [0.2, 0.25) is 0 Å². The summed E-state index contributed by atoms with van der Waals surface area (Å²) in [6.45, 7) is 0. The number of carbonyl (C=O) groups is 2. The lowest BCUT2D eigenvalue weighted by Crippen LogP contribution is -2.03. The second-order valence-corrected chi connectivity index (χ2v) is 4.34. The zero-order chi connectivity index (χ0) is 14.4. The number of benzene rings is 1. The highest BCUT2D eigenvalue weighted by Crippen LogP contribution is 2.21. The number of carbonyl (C=O) groups excluding carboxylic acids is 2. The minimum atomic E-state index is -0.959. The van der Waals surface area contributed by atoms with Crippen molar-refractivity contribution in [3.63, 3.8) is 0 Å². The minimum absolute atomic E-state index is 0.0579. The fraction of sp³-hybridized carbons (Fsp3) is 0.385. The lowest BCUT2D eigenvalue weighted by molar-refractivity contribution is -0.140. The van der Waals surface area contributed by atoms with E-state index >= 15 is 0 Å². The van der Waals surface area contributed by atoms with E-state index in [2.05, 4.69) is 4.74 Å². The maximum atomic E-state index is 13.2. The average Bonchev–Trinajstić information content (AvgIpc) is 2.39. The van der Waals surface area contributed by atoms with Crippen molar-refractivity contribution in [2.45, 2.75) is 25.7 Å². The molecule has 0 fully saturated rings. The van der Waals surface area contributed by atoms with Crippen LogP contribution in [0.25, 0.3) is 0 Å². The molecular formula is C13H13ClF2O3. The third-order valence-electron chi connectivity index (χ3n) is 2.57. The van der Waals surface area contributed by atoms with E-state index in [9.17, 15) is 18.4 Å². The van der Waals surface area contributed by atoms with Crippen LogP contribution in [0.1, 0.15) is 36.0 Å². The molecule has 0 aromatic heterocycles. The van der Waals surface area contributed by atoms with Gasteiger partial charge < -0.3 is 4.74 Å². The molecule has 0 aliphatic carbocycles. The molecule has 0 amide bonds. The molecule has 0 bridgehead atoms. The summed E-state index contributed by atoms with van der Waals surface area (Å²) in [6.07, 6.45) is 1.25. The molecule has 0 unspecified atom stereocenters. The van der Waals surface area contributed by atoms with Crippen molar-refractivity contribution in [2.75, 3.05) is 7.11 Å². The lowest BCUT2D eigenvalue weighted by Gasteiger charge is -2.03. The van der Waals surface area contributed by atoms with Crippen molar-refractivity contribution in [2.24, 2.45) is 0 Å². The number of unbranched alkanes of at least 4 members (excludes halogenated alkanes) is 1. The predicted octanol–water partition coefficient (Wildman–Crippen LogP) is 3.53. The fourth-order valence-corrected chi connectivity index (χ4v) is 1.63. The number of hydrogen-bond donors (Lipinski definition) is 0. The molecule has 0 saturated heterocycles. The first-order chi connectivity index (χ1) is 8.95. The van der Waals surface area contributed by atoms with Crippen LogP contribution in [-0.2, 0) is 9.53 Å². The largest absolute Gasteiger partial charge is 0.469 e. The van der Waals surface area contributed by atoms with E-state index in [-0.39, 0.29) is 30.2 Å². The zero-order valence-corrected chi connectivity index (χ0v) is 11.1. The van der Waals surface area contributed by atoms with Gasteiger partial charge in [0.25, 0.3) is 0 Å². The highest BCUT2D eigenvalue weighted by Gasteiger charge is 2.13. The minimum Gasteiger partial charge on any atom is -0.469 e. The van der Waals surface area contributed by atoms with E-state index < -0.39 is 16.7 Å². The van der Waals surface area contributed by atoms with Gasteiger partial charge in [-0.2, -0.15) is 0 Å². The topological polar surface area (TPSA) is 43.4 Å². The van der Waals surface area contributed by atoms with Gasteiger partial charge in [0, 0.05) is 18.4 Å². The molecule has 0 aliphatic rings. The Kier molecular flexibility index (Phi) is 5.89. The van der Waals surface area contributed by atoms with E-state index in [4.69, 9.17) is 11.6 Å². The summed E-state index contributed by atoms with van der Waals surface area (Å²) in [5, 5.41) is -0.623. The summed E-state index contributed by atoms with van der Waals surface area (Å²) < 4.78 is 30.8. The van der Waals surface area contributed by atoms with Gasteiger partial charge in [-0.25, -0.2) is 8.78 Å². The standard InChI is InChI=1S/C13H13ClF2O3/c1-19-12(18)5-3-2-4-11(17)8-6-9(15)13(14)10(16)7-8/h6-7H,2-5H2,1H3. The van der Waals surface area contributed by atoms with Crippen LogP contribution in [0.4, 0.5) is 8.78 Å². The number of rotatable bonds is 6. The molecule has 1 rings (SSSR count). The van der Waals surface area contributed by atoms with Gasteiger partial charge in [-0.15, -0.1) is 0 Å². The molecule has 0 heterocycles. The molecule has 0 N–H and O–H groups in total. The Morgan fingerprint density at radius 3 is 2.21 bits per heavy atom. The number of hydrogen-bond acceptors (Lipinski definition) is 3. The van der Waals surface area contributed by atoms with Crippen molar-refractivity contribution in [1.29, 1.82) is 0 Å². The summed E-state index contributed by atoms with van der Waals surface area (Å²) in [5.74, 6) is -2.66. The van der Waals surface area contributed by atoms with Crippen molar-refractivity contribution in [3.8, 4) is 0 Å². The molecule has 1 aromatic rings. The van der Waals surface area contributed by atoms with Crippen LogP contribution in [0.2, 0.25) is 5.02 Å². The first kappa shape index (κ1) is 15.6. The van der Waals surface area contributed by atoms with E-state index in [1.165, 1.54) is 7.11 Å². The van der Waals surface area contributed by atoms with E-state index in [0.29, 0.717) is 12.8 Å². The summed E-state index contributed by atoms with van der Waals surface area (Å²) in [7, 11) is 1.28. The third-order valence-corrected chi connectivity index (χ3v) is 2.93. The van der Waals surface area contributed by atoms with Crippen LogP contribution in [-0.4, -0.2) is 18.9 Å². The van der Waals surface area contributed by atoms with Gasteiger partial charge >= 0.3 is 5.97 Å². The molecule has 0 aliphatic heterocycles.